The van der Waals surface area contributed by atoms with E-state index in [4.69, 9.17) is 14.6 Å². The van der Waals surface area contributed by atoms with Crippen molar-refractivity contribution in [2.45, 2.75) is 68.8 Å². The fourth-order valence-corrected chi connectivity index (χ4v) is 5.30. The normalized spacial score (nSPS) is 18.8. The Kier molecular flexibility index (Phi) is 10.9. The lowest BCUT2D eigenvalue weighted by atomic mass is 10.0. The molecule has 2 heterocycles. The minimum absolute atomic E-state index is 0.0272. The fraction of sp³-hybridized carbons (Fsp3) is 0.367. The minimum atomic E-state index is -0.853. The number of aliphatic hydroxyl groups is 1. The van der Waals surface area contributed by atoms with Crippen molar-refractivity contribution >= 4 is 23.6 Å². The van der Waals surface area contributed by atoms with Crippen LogP contribution in [0.25, 0.3) is 0 Å². The van der Waals surface area contributed by atoms with Crippen molar-refractivity contribution in [3.8, 4) is 0 Å². The minimum Gasteiger partial charge on any atom is -0.618 e. The molecule has 9 nitrogen and oxygen atoms in total. The predicted octanol–water partition coefficient (Wildman–Crippen LogP) is 4.41. The van der Waals surface area contributed by atoms with E-state index in [9.17, 15) is 19.9 Å². The molecule has 3 unspecified atom stereocenters. The average Bonchev–Trinajstić information content (AvgIpc) is 2.98. The summed E-state index contributed by atoms with van der Waals surface area (Å²) in [5.74, 6) is -0.385. The lowest BCUT2D eigenvalue weighted by Crippen LogP contribution is -2.32. The quantitative estimate of drug-likeness (QED) is 0.120. The van der Waals surface area contributed by atoms with Crippen molar-refractivity contribution in [1.82, 2.24) is 5.32 Å². The Hall–Kier alpha value is -3.44. The largest absolute Gasteiger partial charge is 0.618 e. The predicted molar refractivity (Wildman–Crippen MR) is 149 cm³/mol. The maximum atomic E-state index is 12.1. The first kappa shape index (κ1) is 29.5. The molecule has 0 bridgehead atoms. The highest BCUT2D eigenvalue weighted by atomic mass is 32.2. The van der Waals surface area contributed by atoms with E-state index in [0.717, 1.165) is 27.0 Å². The van der Waals surface area contributed by atoms with Gasteiger partial charge in [-0.1, -0.05) is 60.3 Å². The van der Waals surface area contributed by atoms with Crippen LogP contribution in [0.5, 0.6) is 0 Å². The molecule has 2 aromatic carbocycles. The standard InChI is InChI=1S/C30H34N2O7S/c33-19-22-10-12-23(13-11-22)26-17-25(20-40-28-6-3-4-16-32(28)37)38-30(39-26)24-14-8-21(9-15-24)18-31-27(34)5-1-2-7-29(35)36/h3-4,6,8-16,25-26,30,33H,1-2,5,7,17-20H2,(H,31,34)(H,35,36). The number of nitrogens with one attached hydrogen (secondary N) is 1. The third-order valence-electron chi connectivity index (χ3n) is 6.61. The Morgan fingerprint density at radius 2 is 1.65 bits per heavy atom. The number of carbonyl (C=O) groups is 2. The van der Waals surface area contributed by atoms with Crippen LogP contribution in [0, 0.1) is 5.21 Å². The molecule has 212 valence electrons. The highest BCUT2D eigenvalue weighted by molar-refractivity contribution is 7.99. The van der Waals surface area contributed by atoms with E-state index < -0.39 is 12.3 Å². The Morgan fingerprint density at radius 3 is 2.35 bits per heavy atom. The molecule has 3 N–H and O–H groups in total. The number of thioether (sulfide) groups is 1. The van der Waals surface area contributed by atoms with Gasteiger partial charge in [0.1, 0.15) is 0 Å². The summed E-state index contributed by atoms with van der Waals surface area (Å²) in [7, 11) is 0. The third-order valence-corrected chi connectivity index (χ3v) is 7.76. The van der Waals surface area contributed by atoms with Gasteiger partial charge in [0, 0.05) is 49.3 Å². The van der Waals surface area contributed by atoms with E-state index >= 15 is 0 Å². The van der Waals surface area contributed by atoms with E-state index in [1.165, 1.54) is 18.0 Å². The molecule has 3 atom stereocenters. The number of carbonyl (C=O) groups excluding carboxylic acids is 1. The van der Waals surface area contributed by atoms with Crippen molar-refractivity contribution in [3.63, 3.8) is 0 Å². The summed E-state index contributed by atoms with van der Waals surface area (Å²) in [6, 6.07) is 20.7. The van der Waals surface area contributed by atoms with Gasteiger partial charge in [-0.3, -0.25) is 9.59 Å². The number of amides is 1. The summed E-state index contributed by atoms with van der Waals surface area (Å²) in [5, 5.41) is 33.7. The van der Waals surface area contributed by atoms with E-state index in [2.05, 4.69) is 5.32 Å². The Bertz CT molecular complexity index is 1250. The van der Waals surface area contributed by atoms with Gasteiger partial charge < -0.3 is 30.2 Å². The first-order chi connectivity index (χ1) is 19.4. The molecule has 1 saturated heterocycles. The summed E-state index contributed by atoms with van der Waals surface area (Å²) < 4.78 is 13.6. The Labute approximate surface area is 237 Å². The molecule has 0 radical (unpaired) electrons. The fourth-order valence-electron chi connectivity index (χ4n) is 4.37. The van der Waals surface area contributed by atoms with Gasteiger partial charge in [-0.25, -0.2) is 0 Å². The number of unbranched alkanes of at least 4 members (excludes halogenated alkanes) is 1. The van der Waals surface area contributed by atoms with Crippen LogP contribution in [0.1, 0.15) is 66.8 Å². The molecule has 10 heteroatoms. The zero-order valence-electron chi connectivity index (χ0n) is 22.1. The van der Waals surface area contributed by atoms with Crippen LogP contribution in [0.4, 0.5) is 0 Å². The van der Waals surface area contributed by atoms with Gasteiger partial charge in [0.25, 0.3) is 5.03 Å². The van der Waals surface area contributed by atoms with Gasteiger partial charge >= 0.3 is 5.97 Å². The molecule has 0 spiro atoms. The molecular formula is C30H34N2O7S. The molecule has 0 aliphatic carbocycles. The highest BCUT2D eigenvalue weighted by Gasteiger charge is 2.32. The lowest BCUT2D eigenvalue weighted by molar-refractivity contribution is -0.645. The van der Waals surface area contributed by atoms with Crippen molar-refractivity contribution in [1.29, 1.82) is 0 Å². The number of pyridine rings is 1. The van der Waals surface area contributed by atoms with Gasteiger partial charge in [0.15, 0.2) is 12.5 Å². The number of hydrogen-bond donors (Lipinski definition) is 3. The maximum absolute atomic E-state index is 12.1. The third kappa shape index (κ3) is 8.79. The number of benzene rings is 2. The molecule has 1 fully saturated rings. The SMILES string of the molecule is O=C(O)CCCCC(=O)NCc1ccc(C2OC(CSc3cccc[n+]3[O-])CC(c3ccc(CO)cc3)O2)cc1. The number of ether oxygens (including phenoxy) is 2. The van der Waals surface area contributed by atoms with Gasteiger partial charge in [-0.2, -0.15) is 4.73 Å². The molecule has 1 amide bonds. The lowest BCUT2D eigenvalue weighted by Gasteiger charge is -2.36. The highest BCUT2D eigenvalue weighted by Crippen LogP contribution is 2.39. The topological polar surface area (TPSA) is 132 Å². The zero-order valence-corrected chi connectivity index (χ0v) is 22.9. The number of aliphatic carboxylic acids is 1. The summed E-state index contributed by atoms with van der Waals surface area (Å²) in [5.41, 5.74) is 3.58. The van der Waals surface area contributed by atoms with Gasteiger partial charge in [-0.15, -0.1) is 0 Å². The second-order valence-corrected chi connectivity index (χ2v) is 10.7. The van der Waals surface area contributed by atoms with Crippen LogP contribution in [-0.4, -0.2) is 33.9 Å². The van der Waals surface area contributed by atoms with E-state index in [1.54, 1.807) is 12.1 Å². The number of carboxylic acid groups (broad SMARTS) is 1. The van der Waals surface area contributed by atoms with E-state index in [-0.39, 0.29) is 31.1 Å². The summed E-state index contributed by atoms with van der Waals surface area (Å²) >= 11 is 1.44. The van der Waals surface area contributed by atoms with Crippen LogP contribution in [0.3, 0.4) is 0 Å². The van der Waals surface area contributed by atoms with Gasteiger partial charge in [0.2, 0.25) is 5.91 Å². The second-order valence-electron chi connectivity index (χ2n) is 9.64. The number of rotatable bonds is 13. The molecule has 1 aliphatic rings. The number of nitrogens with zero attached hydrogens (tertiary/aromatic N) is 1. The van der Waals surface area contributed by atoms with Crippen molar-refractivity contribution in [2.75, 3.05) is 5.75 Å². The van der Waals surface area contributed by atoms with E-state index in [0.29, 0.717) is 43.0 Å². The van der Waals surface area contributed by atoms with Crippen molar-refractivity contribution in [2.24, 2.45) is 0 Å². The molecule has 1 aromatic heterocycles. The van der Waals surface area contributed by atoms with Gasteiger partial charge in [-0.05, 0) is 35.6 Å². The number of carboxylic acids is 1. The van der Waals surface area contributed by atoms with Crippen molar-refractivity contribution < 1.29 is 34.0 Å². The summed E-state index contributed by atoms with van der Waals surface area (Å²) in [6.45, 7) is 0.344. The first-order valence-electron chi connectivity index (χ1n) is 13.3. The molecule has 40 heavy (non-hydrogen) atoms. The molecule has 3 aromatic rings. The van der Waals surface area contributed by atoms with Crippen LogP contribution >= 0.6 is 11.8 Å². The number of aromatic nitrogens is 1. The number of hydrogen-bond acceptors (Lipinski definition) is 7. The summed E-state index contributed by atoms with van der Waals surface area (Å²) in [4.78, 5) is 22.7. The Morgan fingerprint density at radius 1 is 0.950 bits per heavy atom. The van der Waals surface area contributed by atoms with Crippen LogP contribution in [0.15, 0.2) is 78.0 Å². The first-order valence-corrected chi connectivity index (χ1v) is 14.3. The Balaban J connectivity index is 1.39. The molecule has 0 saturated carbocycles. The zero-order chi connectivity index (χ0) is 28.3. The maximum Gasteiger partial charge on any atom is 0.303 e. The van der Waals surface area contributed by atoms with Crippen LogP contribution in [-0.2, 0) is 32.2 Å². The van der Waals surface area contributed by atoms with E-state index in [1.807, 2.05) is 54.6 Å². The van der Waals surface area contributed by atoms with Gasteiger partial charge in [0.05, 0.1) is 18.8 Å². The molecule has 1 aliphatic heterocycles. The average molecular weight is 567 g/mol. The summed E-state index contributed by atoms with van der Waals surface area (Å²) in [6.07, 6.45) is 2.45. The number of aliphatic hydroxyl groups excluding tert-OH is 1. The van der Waals surface area contributed by atoms with Crippen LogP contribution in [0.2, 0.25) is 0 Å². The smallest absolute Gasteiger partial charge is 0.303 e. The second kappa shape index (κ2) is 14.8. The monoisotopic (exact) mass is 566 g/mol. The molecular weight excluding hydrogens is 532 g/mol. The van der Waals surface area contributed by atoms with Crippen LogP contribution < -0.4 is 10.0 Å². The van der Waals surface area contributed by atoms with Crippen molar-refractivity contribution in [3.05, 3.63) is 100 Å². The molecule has 4 rings (SSSR count).